The second-order valence-corrected chi connectivity index (χ2v) is 4.76. The highest BCUT2D eigenvalue weighted by Gasteiger charge is 2.16. The molecular formula is C17H20N2O2. The summed E-state index contributed by atoms with van der Waals surface area (Å²) >= 11 is 0. The zero-order valence-electron chi connectivity index (χ0n) is 12.1. The van der Waals surface area contributed by atoms with E-state index in [-0.39, 0.29) is 5.91 Å². The molecule has 0 saturated heterocycles. The number of rotatable bonds is 7. The zero-order chi connectivity index (χ0) is 15.1. The first-order valence-electron chi connectivity index (χ1n) is 6.92. The van der Waals surface area contributed by atoms with E-state index in [0.29, 0.717) is 6.54 Å². The summed E-state index contributed by atoms with van der Waals surface area (Å²) in [6, 6.07) is 16.9. The second-order valence-electron chi connectivity index (χ2n) is 4.76. The van der Waals surface area contributed by atoms with E-state index >= 15 is 0 Å². The molecule has 0 radical (unpaired) electrons. The van der Waals surface area contributed by atoms with Gasteiger partial charge in [-0.05, 0) is 23.6 Å². The van der Waals surface area contributed by atoms with Crippen LogP contribution in [0.3, 0.4) is 0 Å². The first-order chi connectivity index (χ1) is 10.2. The van der Waals surface area contributed by atoms with Crippen LogP contribution in [0.1, 0.15) is 17.2 Å². The first-order valence-corrected chi connectivity index (χ1v) is 6.92. The van der Waals surface area contributed by atoms with E-state index in [1.54, 1.807) is 7.11 Å². The number of primary amides is 1. The lowest BCUT2D eigenvalue weighted by Crippen LogP contribution is -2.34. The fourth-order valence-corrected chi connectivity index (χ4v) is 2.29. The number of nitrogens with one attached hydrogen (secondary N) is 1. The van der Waals surface area contributed by atoms with Gasteiger partial charge in [0.05, 0.1) is 7.11 Å². The fraction of sp³-hybridized carbons (Fsp3) is 0.235. The summed E-state index contributed by atoms with van der Waals surface area (Å²) in [6.07, 6.45) is 0.765. The third-order valence-electron chi connectivity index (χ3n) is 3.35. The van der Waals surface area contributed by atoms with Crippen LogP contribution in [0.4, 0.5) is 0 Å². The summed E-state index contributed by atoms with van der Waals surface area (Å²) in [5.74, 6) is 0.482. The Morgan fingerprint density at radius 3 is 2.48 bits per heavy atom. The van der Waals surface area contributed by atoms with Gasteiger partial charge in [-0.2, -0.15) is 0 Å². The largest absolute Gasteiger partial charge is 0.496 e. The molecule has 0 spiro atoms. The van der Waals surface area contributed by atoms with Crippen molar-refractivity contribution in [1.82, 2.24) is 5.32 Å². The van der Waals surface area contributed by atoms with E-state index in [1.165, 1.54) is 0 Å². The number of carbonyl (C=O) groups excluding carboxylic acids is 1. The van der Waals surface area contributed by atoms with Crippen LogP contribution >= 0.6 is 0 Å². The average molecular weight is 284 g/mol. The summed E-state index contributed by atoms with van der Waals surface area (Å²) in [5.41, 5.74) is 7.46. The quantitative estimate of drug-likeness (QED) is 0.818. The Bertz CT molecular complexity index is 584. The Morgan fingerprint density at radius 2 is 1.81 bits per heavy atom. The number of para-hydroxylation sites is 1. The van der Waals surface area contributed by atoms with Crippen molar-refractivity contribution < 1.29 is 9.53 Å². The van der Waals surface area contributed by atoms with Gasteiger partial charge in [0.15, 0.2) is 0 Å². The predicted octanol–water partition coefficient (Wildman–Crippen LogP) is 2.05. The van der Waals surface area contributed by atoms with Crippen molar-refractivity contribution in [2.75, 3.05) is 13.7 Å². The number of nitrogens with two attached hydrogens (primary N) is 1. The standard InChI is InChI=1S/C17H20N2O2/c1-21-15-10-6-5-7-13(15)11-12-19-16(17(18)20)14-8-3-2-4-9-14/h2-10,16,19H,11-12H2,1H3,(H2,18,20)/t16-/m0/s1. The van der Waals surface area contributed by atoms with Gasteiger partial charge in [-0.15, -0.1) is 0 Å². The molecule has 3 N–H and O–H groups in total. The molecule has 0 aliphatic heterocycles. The van der Waals surface area contributed by atoms with Gasteiger partial charge < -0.3 is 15.8 Å². The molecule has 0 fully saturated rings. The summed E-state index contributed by atoms with van der Waals surface area (Å²) in [5, 5.41) is 3.21. The van der Waals surface area contributed by atoms with Crippen molar-refractivity contribution in [2.24, 2.45) is 5.73 Å². The van der Waals surface area contributed by atoms with Gasteiger partial charge in [0, 0.05) is 6.54 Å². The van der Waals surface area contributed by atoms with Crippen LogP contribution in [-0.2, 0) is 11.2 Å². The zero-order valence-corrected chi connectivity index (χ0v) is 12.1. The summed E-state index contributed by atoms with van der Waals surface area (Å²) < 4.78 is 5.32. The molecule has 2 aromatic carbocycles. The Labute approximate surface area is 124 Å². The molecule has 4 nitrogen and oxygen atoms in total. The molecule has 2 rings (SSSR count). The normalized spacial score (nSPS) is 11.9. The van der Waals surface area contributed by atoms with Gasteiger partial charge in [-0.25, -0.2) is 0 Å². The highest BCUT2D eigenvalue weighted by Crippen LogP contribution is 2.18. The number of hydrogen-bond donors (Lipinski definition) is 2. The van der Waals surface area contributed by atoms with Crippen molar-refractivity contribution in [3.8, 4) is 5.75 Å². The van der Waals surface area contributed by atoms with Crippen LogP contribution in [0.25, 0.3) is 0 Å². The maximum absolute atomic E-state index is 11.6. The highest BCUT2D eigenvalue weighted by molar-refractivity contribution is 5.81. The Kier molecular flexibility index (Phi) is 5.35. The Balaban J connectivity index is 1.99. The summed E-state index contributed by atoms with van der Waals surface area (Å²) in [4.78, 5) is 11.6. The lowest BCUT2D eigenvalue weighted by molar-refractivity contribution is -0.120. The predicted molar refractivity (Wildman–Crippen MR) is 83.1 cm³/mol. The van der Waals surface area contributed by atoms with Crippen LogP contribution in [-0.4, -0.2) is 19.6 Å². The van der Waals surface area contributed by atoms with Crippen molar-refractivity contribution in [2.45, 2.75) is 12.5 Å². The fourth-order valence-electron chi connectivity index (χ4n) is 2.29. The monoisotopic (exact) mass is 284 g/mol. The molecule has 110 valence electrons. The van der Waals surface area contributed by atoms with Crippen LogP contribution in [0, 0.1) is 0 Å². The first kappa shape index (κ1) is 15.1. The maximum atomic E-state index is 11.6. The number of benzene rings is 2. The number of ether oxygens (including phenoxy) is 1. The van der Waals surface area contributed by atoms with Crippen molar-refractivity contribution in [3.05, 3.63) is 65.7 Å². The lowest BCUT2D eigenvalue weighted by atomic mass is 10.1. The third-order valence-corrected chi connectivity index (χ3v) is 3.35. The number of methoxy groups -OCH3 is 1. The molecule has 2 aromatic rings. The van der Waals surface area contributed by atoms with Crippen LogP contribution in [0.5, 0.6) is 5.75 Å². The van der Waals surface area contributed by atoms with Crippen LogP contribution in [0.15, 0.2) is 54.6 Å². The van der Waals surface area contributed by atoms with Gasteiger partial charge in [-0.1, -0.05) is 48.5 Å². The molecule has 0 unspecified atom stereocenters. The van der Waals surface area contributed by atoms with Crippen molar-refractivity contribution >= 4 is 5.91 Å². The minimum atomic E-state index is -0.471. The molecule has 0 aliphatic rings. The Morgan fingerprint density at radius 1 is 1.14 bits per heavy atom. The SMILES string of the molecule is COc1ccccc1CCN[C@H](C(N)=O)c1ccccc1. The van der Waals surface area contributed by atoms with Gasteiger partial charge in [0.2, 0.25) is 5.91 Å². The molecule has 4 heteroatoms. The van der Waals surface area contributed by atoms with E-state index in [0.717, 1.165) is 23.3 Å². The maximum Gasteiger partial charge on any atom is 0.239 e. The van der Waals surface area contributed by atoms with Gasteiger partial charge in [-0.3, -0.25) is 4.79 Å². The lowest BCUT2D eigenvalue weighted by Gasteiger charge is -2.16. The molecule has 21 heavy (non-hydrogen) atoms. The molecule has 0 bridgehead atoms. The molecule has 0 aliphatic carbocycles. The van der Waals surface area contributed by atoms with E-state index < -0.39 is 6.04 Å². The van der Waals surface area contributed by atoms with Crippen molar-refractivity contribution in [3.63, 3.8) is 0 Å². The highest BCUT2D eigenvalue weighted by atomic mass is 16.5. The summed E-state index contributed by atoms with van der Waals surface area (Å²) in [7, 11) is 1.66. The van der Waals surface area contributed by atoms with Crippen LogP contribution < -0.4 is 15.8 Å². The van der Waals surface area contributed by atoms with Gasteiger partial charge in [0.1, 0.15) is 11.8 Å². The van der Waals surface area contributed by atoms with E-state index in [2.05, 4.69) is 5.32 Å². The third kappa shape index (κ3) is 4.07. The second kappa shape index (κ2) is 7.45. The Hall–Kier alpha value is -2.33. The smallest absolute Gasteiger partial charge is 0.239 e. The number of carbonyl (C=O) groups is 1. The van der Waals surface area contributed by atoms with E-state index in [9.17, 15) is 4.79 Å². The molecular weight excluding hydrogens is 264 g/mol. The van der Waals surface area contributed by atoms with E-state index in [1.807, 2.05) is 54.6 Å². The summed E-state index contributed by atoms with van der Waals surface area (Å²) in [6.45, 7) is 0.642. The molecule has 0 heterocycles. The minimum absolute atomic E-state index is 0.374. The van der Waals surface area contributed by atoms with E-state index in [4.69, 9.17) is 10.5 Å². The molecule has 0 saturated carbocycles. The molecule has 0 aromatic heterocycles. The molecule has 1 amide bonds. The number of hydrogen-bond acceptors (Lipinski definition) is 3. The minimum Gasteiger partial charge on any atom is -0.496 e. The van der Waals surface area contributed by atoms with Crippen molar-refractivity contribution in [1.29, 1.82) is 0 Å². The van der Waals surface area contributed by atoms with Gasteiger partial charge >= 0.3 is 0 Å². The van der Waals surface area contributed by atoms with Gasteiger partial charge in [0.25, 0.3) is 0 Å². The topological polar surface area (TPSA) is 64.3 Å². The number of amides is 1. The average Bonchev–Trinajstić information content (AvgIpc) is 2.52. The molecule has 1 atom stereocenters. The van der Waals surface area contributed by atoms with Crippen LogP contribution in [0.2, 0.25) is 0 Å².